The van der Waals surface area contributed by atoms with E-state index in [1.54, 1.807) is 12.1 Å². The molecule has 1 heterocycles. The Morgan fingerprint density at radius 2 is 1.61 bits per heavy atom. The van der Waals surface area contributed by atoms with Crippen LogP contribution in [0.1, 0.15) is 25.7 Å². The first-order chi connectivity index (χ1) is 11.0. The summed E-state index contributed by atoms with van der Waals surface area (Å²) in [6.07, 6.45) is 2.21. The Morgan fingerprint density at radius 1 is 1.04 bits per heavy atom. The number of carboxylic acid groups (broad SMARTS) is 1. The van der Waals surface area contributed by atoms with Crippen LogP contribution in [0.25, 0.3) is 0 Å². The number of amides is 1. The van der Waals surface area contributed by atoms with E-state index in [9.17, 15) is 9.59 Å². The summed E-state index contributed by atoms with van der Waals surface area (Å²) in [5, 5.41) is 12.2. The Bertz CT molecular complexity index is 625. The molecule has 124 valence electrons. The maximum atomic E-state index is 12.4. The van der Waals surface area contributed by atoms with Crippen LogP contribution < -0.4 is 14.8 Å². The first kappa shape index (κ1) is 15.9. The lowest BCUT2D eigenvalue weighted by atomic mass is 9.81. The summed E-state index contributed by atoms with van der Waals surface area (Å²) < 4.78 is 10.9. The second-order valence-corrected chi connectivity index (χ2v) is 6.26. The molecule has 1 aromatic carbocycles. The number of carbonyl (C=O) groups is 2. The lowest BCUT2D eigenvalue weighted by Crippen LogP contribution is -2.29. The normalized spacial score (nSPS) is 23.2. The molecule has 0 aromatic heterocycles. The van der Waals surface area contributed by atoms with E-state index in [1.165, 1.54) is 0 Å². The molecule has 7 heteroatoms. The molecule has 1 aliphatic heterocycles. The van der Waals surface area contributed by atoms with Crippen LogP contribution in [0.3, 0.4) is 0 Å². The van der Waals surface area contributed by atoms with Gasteiger partial charge in [0.1, 0.15) is 13.2 Å². The molecule has 0 unspecified atom stereocenters. The summed E-state index contributed by atoms with van der Waals surface area (Å²) in [5.41, 5.74) is 0.487. The maximum absolute atomic E-state index is 12.4. The molecule has 1 fully saturated rings. The van der Waals surface area contributed by atoms with E-state index in [1.807, 2.05) is 0 Å². The molecule has 0 bridgehead atoms. The fourth-order valence-corrected chi connectivity index (χ4v) is 3.20. The minimum Gasteiger partial charge on any atom is -0.486 e. The zero-order chi connectivity index (χ0) is 16.4. The number of fused-ring (bicyclic) bond motifs is 1. The quantitative estimate of drug-likeness (QED) is 0.884. The van der Waals surface area contributed by atoms with E-state index in [0.29, 0.717) is 61.1 Å². The first-order valence-corrected chi connectivity index (χ1v) is 8.05. The summed E-state index contributed by atoms with van der Waals surface area (Å²) >= 11 is 6.18. The fourth-order valence-electron chi connectivity index (χ4n) is 3.00. The molecule has 0 radical (unpaired) electrons. The van der Waals surface area contributed by atoms with E-state index < -0.39 is 5.97 Å². The van der Waals surface area contributed by atoms with E-state index in [2.05, 4.69) is 5.32 Å². The van der Waals surface area contributed by atoms with Crippen molar-refractivity contribution in [1.82, 2.24) is 0 Å². The molecule has 1 saturated carbocycles. The van der Waals surface area contributed by atoms with E-state index >= 15 is 0 Å². The Labute approximate surface area is 138 Å². The summed E-state index contributed by atoms with van der Waals surface area (Å²) in [6.45, 7) is 0.934. The van der Waals surface area contributed by atoms with Crippen LogP contribution in [0.2, 0.25) is 5.02 Å². The number of benzene rings is 1. The van der Waals surface area contributed by atoms with Crippen LogP contribution in [0, 0.1) is 11.8 Å². The van der Waals surface area contributed by atoms with Gasteiger partial charge in [0.05, 0.1) is 16.6 Å². The number of halogens is 1. The van der Waals surface area contributed by atoms with Crippen molar-refractivity contribution in [2.75, 3.05) is 18.5 Å². The molecule has 1 aliphatic carbocycles. The Kier molecular flexibility index (Phi) is 4.61. The van der Waals surface area contributed by atoms with Crippen LogP contribution in [-0.4, -0.2) is 30.2 Å². The number of hydrogen-bond acceptors (Lipinski definition) is 4. The number of carboxylic acids is 1. The summed E-state index contributed by atoms with van der Waals surface area (Å²) in [6, 6.07) is 3.30. The molecule has 2 N–H and O–H groups in total. The van der Waals surface area contributed by atoms with Gasteiger partial charge in [0.25, 0.3) is 0 Å². The van der Waals surface area contributed by atoms with E-state index in [0.717, 1.165) is 0 Å². The molecule has 0 atom stereocenters. The first-order valence-electron chi connectivity index (χ1n) is 7.67. The highest BCUT2D eigenvalue weighted by Crippen LogP contribution is 2.38. The van der Waals surface area contributed by atoms with Crippen LogP contribution in [-0.2, 0) is 9.59 Å². The number of anilines is 1. The minimum atomic E-state index is -0.779. The summed E-state index contributed by atoms with van der Waals surface area (Å²) in [7, 11) is 0. The Balaban J connectivity index is 1.65. The SMILES string of the molecule is O=C(O)C1CCC(C(=O)Nc2cc3c(cc2Cl)OCCO3)CC1. The van der Waals surface area contributed by atoms with Gasteiger partial charge in [-0.1, -0.05) is 11.6 Å². The van der Waals surface area contributed by atoms with Gasteiger partial charge in [-0.05, 0) is 25.7 Å². The lowest BCUT2D eigenvalue weighted by Gasteiger charge is -2.26. The predicted octanol–water partition coefficient (Wildman–Crippen LogP) is 2.94. The standard InChI is InChI=1S/C16H18ClNO5/c17-11-7-13-14(23-6-5-22-13)8-12(11)18-15(19)9-1-3-10(4-2-9)16(20)21/h7-10H,1-6H2,(H,18,19)(H,20,21). The average molecular weight is 340 g/mol. The third-order valence-electron chi connectivity index (χ3n) is 4.34. The van der Waals surface area contributed by atoms with Crippen molar-refractivity contribution >= 4 is 29.2 Å². The van der Waals surface area contributed by atoms with Gasteiger partial charge in [-0.3, -0.25) is 9.59 Å². The molecular formula is C16H18ClNO5. The van der Waals surface area contributed by atoms with Crippen molar-refractivity contribution in [3.63, 3.8) is 0 Å². The highest BCUT2D eigenvalue weighted by molar-refractivity contribution is 6.34. The third kappa shape index (κ3) is 3.52. The third-order valence-corrected chi connectivity index (χ3v) is 4.65. The number of nitrogens with one attached hydrogen (secondary N) is 1. The van der Waals surface area contributed by atoms with Gasteiger partial charge in [-0.15, -0.1) is 0 Å². The lowest BCUT2D eigenvalue weighted by molar-refractivity contribution is -0.143. The summed E-state index contributed by atoms with van der Waals surface area (Å²) in [5.74, 6) is -0.301. The number of hydrogen-bond donors (Lipinski definition) is 2. The van der Waals surface area contributed by atoms with Crippen molar-refractivity contribution in [3.05, 3.63) is 17.2 Å². The highest BCUT2D eigenvalue weighted by Gasteiger charge is 2.30. The van der Waals surface area contributed by atoms with Crippen LogP contribution in [0.15, 0.2) is 12.1 Å². The van der Waals surface area contributed by atoms with Gasteiger partial charge >= 0.3 is 5.97 Å². The van der Waals surface area contributed by atoms with Gasteiger partial charge in [0.15, 0.2) is 11.5 Å². The second-order valence-electron chi connectivity index (χ2n) is 5.85. The number of carbonyl (C=O) groups excluding carboxylic acids is 1. The molecule has 0 saturated heterocycles. The highest BCUT2D eigenvalue weighted by atomic mass is 35.5. The molecule has 1 amide bonds. The van der Waals surface area contributed by atoms with Crippen molar-refractivity contribution < 1.29 is 24.2 Å². The fraction of sp³-hybridized carbons (Fsp3) is 0.500. The van der Waals surface area contributed by atoms with Crippen molar-refractivity contribution in [2.45, 2.75) is 25.7 Å². The van der Waals surface area contributed by atoms with E-state index in [4.69, 9.17) is 26.2 Å². The van der Waals surface area contributed by atoms with Crippen molar-refractivity contribution in [1.29, 1.82) is 0 Å². The van der Waals surface area contributed by atoms with Gasteiger partial charge in [0, 0.05) is 18.1 Å². The zero-order valence-electron chi connectivity index (χ0n) is 12.5. The number of aliphatic carboxylic acids is 1. The average Bonchev–Trinajstić information content (AvgIpc) is 2.55. The van der Waals surface area contributed by atoms with Gasteiger partial charge in [0.2, 0.25) is 5.91 Å². The minimum absolute atomic E-state index is 0.132. The molecule has 2 aliphatic rings. The van der Waals surface area contributed by atoms with Crippen molar-refractivity contribution in [3.8, 4) is 11.5 Å². The van der Waals surface area contributed by atoms with Gasteiger partial charge in [-0.2, -0.15) is 0 Å². The van der Waals surface area contributed by atoms with Gasteiger partial charge < -0.3 is 19.9 Å². The zero-order valence-corrected chi connectivity index (χ0v) is 13.3. The predicted molar refractivity (Wildman–Crippen MR) is 84.2 cm³/mol. The van der Waals surface area contributed by atoms with Crippen LogP contribution in [0.5, 0.6) is 11.5 Å². The van der Waals surface area contributed by atoms with Crippen LogP contribution >= 0.6 is 11.6 Å². The number of rotatable bonds is 3. The topological polar surface area (TPSA) is 84.9 Å². The Hall–Kier alpha value is -1.95. The smallest absolute Gasteiger partial charge is 0.306 e. The maximum Gasteiger partial charge on any atom is 0.306 e. The largest absolute Gasteiger partial charge is 0.486 e. The molecule has 3 rings (SSSR count). The van der Waals surface area contributed by atoms with Crippen molar-refractivity contribution in [2.24, 2.45) is 11.8 Å². The van der Waals surface area contributed by atoms with E-state index in [-0.39, 0.29) is 17.7 Å². The second kappa shape index (κ2) is 6.66. The number of ether oxygens (including phenoxy) is 2. The summed E-state index contributed by atoms with van der Waals surface area (Å²) in [4.78, 5) is 23.3. The molecule has 1 aromatic rings. The monoisotopic (exact) mass is 339 g/mol. The molecule has 0 spiro atoms. The van der Waals surface area contributed by atoms with Gasteiger partial charge in [-0.25, -0.2) is 0 Å². The van der Waals surface area contributed by atoms with Crippen LogP contribution in [0.4, 0.5) is 5.69 Å². The molecule has 23 heavy (non-hydrogen) atoms. The molecule has 6 nitrogen and oxygen atoms in total. The Morgan fingerprint density at radius 3 is 2.22 bits per heavy atom. The molecular weight excluding hydrogens is 322 g/mol.